The molecule has 1 fully saturated rings. The Morgan fingerprint density at radius 3 is 2.41 bits per heavy atom. The molecule has 96 valence electrons. The lowest BCUT2D eigenvalue weighted by atomic mass is 9.65. The molecule has 1 saturated carbocycles. The molecule has 0 radical (unpaired) electrons. The number of hydrogen-bond donors (Lipinski definition) is 0. The fourth-order valence-corrected chi connectivity index (χ4v) is 3.73. The highest BCUT2D eigenvalue weighted by Crippen LogP contribution is 2.46. The zero-order valence-electron chi connectivity index (χ0n) is 11.5. The minimum absolute atomic E-state index is 0.523. The second kappa shape index (κ2) is 6.42. The van der Waals surface area contributed by atoms with E-state index in [0.29, 0.717) is 5.41 Å². The highest BCUT2D eigenvalue weighted by atomic mass is 14.4. The lowest BCUT2D eigenvalue weighted by Gasteiger charge is -2.39. The first kappa shape index (κ1) is 12.9. The highest BCUT2D eigenvalue weighted by Gasteiger charge is 2.35. The van der Waals surface area contributed by atoms with Gasteiger partial charge in [0.2, 0.25) is 0 Å². The van der Waals surface area contributed by atoms with Crippen LogP contribution in [-0.2, 0) is 0 Å². The quantitative estimate of drug-likeness (QED) is 0.549. The summed E-state index contributed by atoms with van der Waals surface area (Å²) in [4.78, 5) is 0. The Morgan fingerprint density at radius 2 is 1.82 bits per heavy atom. The van der Waals surface area contributed by atoms with E-state index in [9.17, 15) is 0 Å². The van der Waals surface area contributed by atoms with E-state index in [1.807, 2.05) is 0 Å². The Morgan fingerprint density at radius 1 is 1.06 bits per heavy atom. The van der Waals surface area contributed by atoms with Crippen molar-refractivity contribution in [3.05, 3.63) is 24.3 Å². The lowest BCUT2D eigenvalue weighted by molar-refractivity contribution is 0.183. The van der Waals surface area contributed by atoms with E-state index in [1.165, 1.54) is 64.2 Å². The van der Waals surface area contributed by atoms with Gasteiger partial charge in [-0.05, 0) is 37.0 Å². The summed E-state index contributed by atoms with van der Waals surface area (Å²) in [6.07, 6.45) is 23.8. The van der Waals surface area contributed by atoms with E-state index in [0.717, 1.165) is 5.92 Å². The zero-order chi connectivity index (χ0) is 12.0. The van der Waals surface area contributed by atoms with Gasteiger partial charge in [-0.2, -0.15) is 0 Å². The van der Waals surface area contributed by atoms with Crippen LogP contribution in [0.4, 0.5) is 0 Å². The van der Waals surface area contributed by atoms with Gasteiger partial charge in [0.25, 0.3) is 0 Å². The topological polar surface area (TPSA) is 0 Å². The second-order valence-electron chi connectivity index (χ2n) is 6.02. The molecule has 2 aliphatic rings. The van der Waals surface area contributed by atoms with Crippen LogP contribution in [0.15, 0.2) is 24.3 Å². The van der Waals surface area contributed by atoms with Gasteiger partial charge in [-0.3, -0.25) is 0 Å². The van der Waals surface area contributed by atoms with Crippen LogP contribution >= 0.6 is 0 Å². The standard InChI is InChI=1S/C17H28/c1-2-3-13-17(14-9-6-10-15-17)16-11-7-4-5-8-12-16/h6,9-10,14,16H,2-5,7-8,11-13,15H2,1H3. The van der Waals surface area contributed by atoms with Crippen LogP contribution in [0.1, 0.15) is 71.1 Å². The average Bonchev–Trinajstić information content (AvgIpc) is 2.67. The number of hydrogen-bond acceptors (Lipinski definition) is 0. The second-order valence-corrected chi connectivity index (χ2v) is 6.02. The summed E-state index contributed by atoms with van der Waals surface area (Å²) in [5, 5.41) is 0. The first-order chi connectivity index (χ1) is 8.37. The minimum atomic E-state index is 0.523. The minimum Gasteiger partial charge on any atom is -0.0837 e. The molecule has 0 aromatic heterocycles. The molecule has 2 rings (SSSR count). The SMILES string of the molecule is CCCCC1(C2CCCCCC2)C=CC=CC1. The molecular weight excluding hydrogens is 204 g/mol. The van der Waals surface area contributed by atoms with Gasteiger partial charge < -0.3 is 0 Å². The normalized spacial score (nSPS) is 30.4. The van der Waals surface area contributed by atoms with Gasteiger partial charge in [-0.1, -0.05) is 69.8 Å². The molecule has 0 aromatic rings. The van der Waals surface area contributed by atoms with Crippen molar-refractivity contribution < 1.29 is 0 Å². The van der Waals surface area contributed by atoms with E-state index in [2.05, 4.69) is 31.2 Å². The molecular formula is C17H28. The molecule has 0 bridgehead atoms. The van der Waals surface area contributed by atoms with Crippen LogP contribution < -0.4 is 0 Å². The van der Waals surface area contributed by atoms with Crippen molar-refractivity contribution in [1.82, 2.24) is 0 Å². The third kappa shape index (κ3) is 3.24. The van der Waals surface area contributed by atoms with Crippen LogP contribution in [0.2, 0.25) is 0 Å². The molecule has 17 heavy (non-hydrogen) atoms. The highest BCUT2D eigenvalue weighted by molar-refractivity contribution is 5.18. The summed E-state index contributed by atoms with van der Waals surface area (Å²) in [5.74, 6) is 0.956. The van der Waals surface area contributed by atoms with Gasteiger partial charge in [0, 0.05) is 0 Å². The summed E-state index contributed by atoms with van der Waals surface area (Å²) in [5.41, 5.74) is 0.523. The fourth-order valence-electron chi connectivity index (χ4n) is 3.73. The van der Waals surface area contributed by atoms with Crippen LogP contribution in [0.25, 0.3) is 0 Å². The molecule has 0 amide bonds. The first-order valence-corrected chi connectivity index (χ1v) is 7.72. The maximum absolute atomic E-state index is 2.55. The summed E-state index contributed by atoms with van der Waals surface area (Å²) in [6.45, 7) is 2.32. The molecule has 0 heterocycles. The van der Waals surface area contributed by atoms with Crippen molar-refractivity contribution in [2.24, 2.45) is 11.3 Å². The van der Waals surface area contributed by atoms with E-state index in [-0.39, 0.29) is 0 Å². The number of unbranched alkanes of at least 4 members (excludes halogenated alkanes) is 1. The Labute approximate surface area is 107 Å². The zero-order valence-corrected chi connectivity index (χ0v) is 11.5. The summed E-state index contributed by atoms with van der Waals surface area (Å²) < 4.78 is 0. The van der Waals surface area contributed by atoms with E-state index < -0.39 is 0 Å². The van der Waals surface area contributed by atoms with Gasteiger partial charge in [-0.25, -0.2) is 0 Å². The molecule has 0 aliphatic heterocycles. The van der Waals surface area contributed by atoms with Gasteiger partial charge in [0.1, 0.15) is 0 Å². The molecule has 0 spiro atoms. The van der Waals surface area contributed by atoms with Gasteiger partial charge in [-0.15, -0.1) is 0 Å². The van der Waals surface area contributed by atoms with Crippen LogP contribution in [-0.4, -0.2) is 0 Å². The monoisotopic (exact) mass is 232 g/mol. The van der Waals surface area contributed by atoms with Crippen molar-refractivity contribution in [3.63, 3.8) is 0 Å². The predicted molar refractivity (Wildman–Crippen MR) is 76.0 cm³/mol. The van der Waals surface area contributed by atoms with E-state index in [1.54, 1.807) is 0 Å². The molecule has 1 unspecified atom stereocenters. The third-order valence-corrected chi connectivity index (χ3v) is 4.84. The predicted octanol–water partition coefficient (Wildman–Crippen LogP) is 5.65. The Kier molecular flexibility index (Phi) is 4.88. The maximum atomic E-state index is 2.55. The molecule has 0 N–H and O–H groups in total. The molecule has 1 atom stereocenters. The number of rotatable bonds is 4. The van der Waals surface area contributed by atoms with Crippen molar-refractivity contribution >= 4 is 0 Å². The van der Waals surface area contributed by atoms with Gasteiger partial charge in [0.15, 0.2) is 0 Å². The smallest absolute Gasteiger partial charge is 0.00523 e. The van der Waals surface area contributed by atoms with Crippen molar-refractivity contribution in [2.45, 2.75) is 71.1 Å². The third-order valence-electron chi connectivity index (χ3n) is 4.84. The lowest BCUT2D eigenvalue weighted by Crippen LogP contribution is -2.29. The molecule has 0 saturated heterocycles. The largest absolute Gasteiger partial charge is 0.0837 e. The Bertz CT molecular complexity index is 266. The summed E-state index contributed by atoms with van der Waals surface area (Å²) in [7, 11) is 0. The van der Waals surface area contributed by atoms with Gasteiger partial charge in [0.05, 0.1) is 0 Å². The molecule has 0 heteroatoms. The average molecular weight is 232 g/mol. The summed E-state index contributed by atoms with van der Waals surface area (Å²) in [6, 6.07) is 0. The Balaban J connectivity index is 2.07. The molecule has 0 nitrogen and oxygen atoms in total. The van der Waals surface area contributed by atoms with E-state index >= 15 is 0 Å². The van der Waals surface area contributed by atoms with Crippen LogP contribution in [0.5, 0.6) is 0 Å². The number of allylic oxidation sites excluding steroid dienone is 4. The first-order valence-electron chi connectivity index (χ1n) is 7.72. The molecule has 0 aromatic carbocycles. The van der Waals surface area contributed by atoms with Crippen molar-refractivity contribution in [3.8, 4) is 0 Å². The Hall–Kier alpha value is -0.520. The fraction of sp³-hybridized carbons (Fsp3) is 0.765. The van der Waals surface area contributed by atoms with E-state index in [4.69, 9.17) is 0 Å². The maximum Gasteiger partial charge on any atom is -0.00523 e. The molecule has 2 aliphatic carbocycles. The van der Waals surface area contributed by atoms with Crippen molar-refractivity contribution in [1.29, 1.82) is 0 Å². The van der Waals surface area contributed by atoms with Crippen LogP contribution in [0.3, 0.4) is 0 Å². The van der Waals surface area contributed by atoms with Gasteiger partial charge >= 0.3 is 0 Å². The summed E-state index contributed by atoms with van der Waals surface area (Å²) >= 11 is 0. The van der Waals surface area contributed by atoms with Crippen LogP contribution in [0, 0.1) is 11.3 Å². The van der Waals surface area contributed by atoms with Crippen molar-refractivity contribution in [2.75, 3.05) is 0 Å².